The second-order valence-corrected chi connectivity index (χ2v) is 4.27. The van der Waals surface area contributed by atoms with Crippen LogP contribution in [0.4, 0.5) is 0 Å². The van der Waals surface area contributed by atoms with Gasteiger partial charge in [-0.25, -0.2) is 9.36 Å². The normalized spacial score (nSPS) is 12.9. The highest BCUT2D eigenvalue weighted by atomic mass is 15.4. The third-order valence-electron chi connectivity index (χ3n) is 2.89. The molecule has 0 spiro atoms. The first-order valence-electron chi connectivity index (χ1n) is 5.96. The molecule has 2 aromatic rings. The fourth-order valence-electron chi connectivity index (χ4n) is 1.81. The van der Waals surface area contributed by atoms with Crippen LogP contribution < -0.4 is 0 Å². The maximum absolute atomic E-state index is 4.09. The fourth-order valence-corrected chi connectivity index (χ4v) is 1.81. The molecule has 6 heteroatoms. The Morgan fingerprint density at radius 2 is 2.18 bits per heavy atom. The summed E-state index contributed by atoms with van der Waals surface area (Å²) in [7, 11) is 0. The minimum atomic E-state index is 0.344. The molecule has 0 fully saturated rings. The fraction of sp³-hybridized carbons (Fsp3) is 0.636. The van der Waals surface area contributed by atoms with Crippen LogP contribution >= 0.6 is 0 Å². The van der Waals surface area contributed by atoms with Crippen LogP contribution in [0.1, 0.15) is 37.7 Å². The first-order chi connectivity index (χ1) is 8.20. The van der Waals surface area contributed by atoms with E-state index >= 15 is 0 Å². The van der Waals surface area contributed by atoms with Crippen LogP contribution in [0.5, 0.6) is 0 Å². The molecule has 0 amide bonds. The Morgan fingerprint density at radius 1 is 1.35 bits per heavy atom. The Morgan fingerprint density at radius 3 is 2.82 bits per heavy atom. The molecule has 0 aliphatic carbocycles. The molecule has 2 heterocycles. The zero-order valence-corrected chi connectivity index (χ0v) is 10.5. The van der Waals surface area contributed by atoms with Gasteiger partial charge in [0.05, 0.1) is 23.6 Å². The van der Waals surface area contributed by atoms with Crippen molar-refractivity contribution in [3.05, 3.63) is 23.8 Å². The summed E-state index contributed by atoms with van der Waals surface area (Å²) < 4.78 is 3.84. The minimum absolute atomic E-state index is 0.344. The molecule has 0 bridgehead atoms. The number of hydrogen-bond acceptors (Lipinski definition) is 4. The van der Waals surface area contributed by atoms with Gasteiger partial charge in [0.1, 0.15) is 0 Å². The first-order valence-corrected chi connectivity index (χ1v) is 5.96. The summed E-state index contributed by atoms with van der Waals surface area (Å²) in [5, 5.41) is 16.0. The number of rotatable bonds is 5. The van der Waals surface area contributed by atoms with E-state index in [4.69, 9.17) is 0 Å². The molecule has 0 saturated carbocycles. The SMILES string of the molecule is CCn1nncc1CCC(C)n1cc(C)nn1. The summed E-state index contributed by atoms with van der Waals surface area (Å²) in [6.45, 7) is 7.04. The molecule has 0 N–H and O–H groups in total. The average molecular weight is 234 g/mol. The summed E-state index contributed by atoms with van der Waals surface area (Å²) in [5.74, 6) is 0. The van der Waals surface area contributed by atoms with Crippen molar-refractivity contribution in [2.75, 3.05) is 0 Å². The second kappa shape index (κ2) is 5.07. The van der Waals surface area contributed by atoms with Crippen LogP contribution in [-0.2, 0) is 13.0 Å². The number of nitrogens with zero attached hydrogens (tertiary/aromatic N) is 6. The molecule has 6 nitrogen and oxygen atoms in total. The molecular formula is C11H18N6. The maximum atomic E-state index is 4.09. The number of aromatic nitrogens is 6. The monoisotopic (exact) mass is 234 g/mol. The molecule has 0 aliphatic heterocycles. The topological polar surface area (TPSA) is 61.4 Å². The molecule has 2 aromatic heterocycles. The van der Waals surface area contributed by atoms with Gasteiger partial charge in [0.2, 0.25) is 0 Å². The Labute approximate surface area is 101 Å². The predicted molar refractivity (Wildman–Crippen MR) is 63.5 cm³/mol. The maximum Gasteiger partial charge on any atom is 0.0796 e. The van der Waals surface area contributed by atoms with Gasteiger partial charge in [-0.2, -0.15) is 0 Å². The van der Waals surface area contributed by atoms with Crippen molar-refractivity contribution in [2.45, 2.75) is 46.2 Å². The van der Waals surface area contributed by atoms with E-state index in [2.05, 4.69) is 34.5 Å². The molecule has 1 unspecified atom stereocenters. The Hall–Kier alpha value is -1.72. The first kappa shape index (κ1) is 11.8. The van der Waals surface area contributed by atoms with Crippen molar-refractivity contribution < 1.29 is 0 Å². The summed E-state index contributed by atoms with van der Waals surface area (Å²) >= 11 is 0. The van der Waals surface area contributed by atoms with Crippen molar-refractivity contribution in [2.24, 2.45) is 0 Å². The van der Waals surface area contributed by atoms with Crippen molar-refractivity contribution in [1.29, 1.82) is 0 Å². The largest absolute Gasteiger partial charge is 0.250 e. The zero-order chi connectivity index (χ0) is 12.3. The number of hydrogen-bond donors (Lipinski definition) is 0. The summed E-state index contributed by atoms with van der Waals surface area (Å²) in [4.78, 5) is 0. The van der Waals surface area contributed by atoms with E-state index < -0.39 is 0 Å². The highest BCUT2D eigenvalue weighted by Gasteiger charge is 2.09. The molecule has 17 heavy (non-hydrogen) atoms. The summed E-state index contributed by atoms with van der Waals surface area (Å²) in [6, 6.07) is 0.344. The lowest BCUT2D eigenvalue weighted by atomic mass is 10.1. The quantitative estimate of drug-likeness (QED) is 0.784. The second-order valence-electron chi connectivity index (χ2n) is 4.27. The van der Waals surface area contributed by atoms with Crippen LogP contribution in [0, 0.1) is 6.92 Å². The van der Waals surface area contributed by atoms with Crippen LogP contribution in [0.2, 0.25) is 0 Å². The van der Waals surface area contributed by atoms with Crippen molar-refractivity contribution in [3.8, 4) is 0 Å². The van der Waals surface area contributed by atoms with Gasteiger partial charge in [-0.15, -0.1) is 10.2 Å². The van der Waals surface area contributed by atoms with Crippen molar-refractivity contribution >= 4 is 0 Å². The Kier molecular flexibility index (Phi) is 3.51. The van der Waals surface area contributed by atoms with Crippen LogP contribution in [0.25, 0.3) is 0 Å². The highest BCUT2D eigenvalue weighted by molar-refractivity contribution is 4.95. The van der Waals surface area contributed by atoms with Crippen molar-refractivity contribution in [1.82, 2.24) is 30.0 Å². The van der Waals surface area contributed by atoms with Crippen LogP contribution in [0.3, 0.4) is 0 Å². The third-order valence-corrected chi connectivity index (χ3v) is 2.89. The van der Waals surface area contributed by atoms with E-state index in [1.165, 1.54) is 5.69 Å². The molecule has 92 valence electrons. The predicted octanol–water partition coefficient (Wildman–Crippen LogP) is 1.39. The standard InChI is InChI=1S/C11H18N6/c1-4-16-11(7-12-14-16)6-5-10(3)17-8-9(2)13-15-17/h7-8,10H,4-6H2,1-3H3. The lowest BCUT2D eigenvalue weighted by molar-refractivity contribution is 0.440. The van der Waals surface area contributed by atoms with E-state index in [1.807, 2.05) is 28.7 Å². The Balaban J connectivity index is 1.94. The summed E-state index contributed by atoms with van der Waals surface area (Å²) in [5.41, 5.74) is 2.13. The van der Waals surface area contributed by atoms with Gasteiger partial charge in [-0.1, -0.05) is 10.4 Å². The Bertz CT molecular complexity index is 472. The average Bonchev–Trinajstić information content (AvgIpc) is 2.94. The van der Waals surface area contributed by atoms with E-state index in [0.29, 0.717) is 6.04 Å². The smallest absolute Gasteiger partial charge is 0.0796 e. The minimum Gasteiger partial charge on any atom is -0.250 e. The molecule has 2 rings (SSSR count). The van der Waals surface area contributed by atoms with E-state index in [0.717, 1.165) is 25.1 Å². The van der Waals surface area contributed by atoms with Gasteiger partial charge in [0, 0.05) is 12.7 Å². The molecule has 1 atom stereocenters. The molecular weight excluding hydrogens is 216 g/mol. The zero-order valence-electron chi connectivity index (χ0n) is 10.5. The van der Waals surface area contributed by atoms with E-state index in [1.54, 1.807) is 0 Å². The molecule has 0 radical (unpaired) electrons. The lowest BCUT2D eigenvalue weighted by Crippen LogP contribution is -2.09. The molecule has 0 aliphatic rings. The lowest BCUT2D eigenvalue weighted by Gasteiger charge is -2.11. The van der Waals surface area contributed by atoms with Gasteiger partial charge in [-0.05, 0) is 33.6 Å². The third kappa shape index (κ3) is 2.69. The molecule has 0 saturated heterocycles. The summed E-state index contributed by atoms with van der Waals surface area (Å²) in [6.07, 6.45) is 5.78. The number of aryl methyl sites for hydroxylation is 3. The van der Waals surface area contributed by atoms with Gasteiger partial charge < -0.3 is 0 Å². The van der Waals surface area contributed by atoms with Crippen LogP contribution in [0.15, 0.2) is 12.4 Å². The van der Waals surface area contributed by atoms with Gasteiger partial charge >= 0.3 is 0 Å². The van der Waals surface area contributed by atoms with E-state index in [9.17, 15) is 0 Å². The van der Waals surface area contributed by atoms with Gasteiger partial charge in [0.25, 0.3) is 0 Å². The van der Waals surface area contributed by atoms with Crippen LogP contribution in [-0.4, -0.2) is 30.0 Å². The van der Waals surface area contributed by atoms with Crippen molar-refractivity contribution in [3.63, 3.8) is 0 Å². The van der Waals surface area contributed by atoms with Gasteiger partial charge in [-0.3, -0.25) is 0 Å². The highest BCUT2D eigenvalue weighted by Crippen LogP contribution is 2.13. The van der Waals surface area contributed by atoms with E-state index in [-0.39, 0.29) is 0 Å². The molecule has 0 aromatic carbocycles. The van der Waals surface area contributed by atoms with Gasteiger partial charge in [0.15, 0.2) is 0 Å².